The summed E-state index contributed by atoms with van der Waals surface area (Å²) in [4.78, 5) is 19.6. The average Bonchev–Trinajstić information content (AvgIpc) is 3.22. The van der Waals surface area contributed by atoms with Gasteiger partial charge in [-0.05, 0) is 65.4 Å². The van der Waals surface area contributed by atoms with Crippen molar-refractivity contribution in [3.05, 3.63) is 137 Å². The Balaban J connectivity index is 1.52. The number of halogens is 1. The second-order valence-corrected chi connectivity index (χ2v) is 10.8. The summed E-state index contributed by atoms with van der Waals surface area (Å²) in [6.45, 7) is 4.14. The van der Waals surface area contributed by atoms with Crippen LogP contribution in [0.4, 0.5) is 0 Å². The highest BCUT2D eigenvalue weighted by Gasteiger charge is 2.32. The largest absolute Gasteiger partial charge is 0.490 e. The standard InChI is InChI=1S/C30H23BrN2O2S/c1-2-17-35-23-14-7-19(8-15-23)18-26-29(34)33-28(21-9-12-22(31)13-10-21)25-16-11-20-5-3-4-6-24(20)27(25)32-30(33)36-26/h2-10,12-15,18,28H,1,11,16-17H2/b26-18-/t28-/m0/s1. The van der Waals surface area contributed by atoms with Crippen molar-refractivity contribution in [1.82, 2.24) is 4.57 Å². The fourth-order valence-electron chi connectivity index (χ4n) is 4.93. The lowest BCUT2D eigenvalue weighted by atomic mass is 9.83. The number of allylic oxidation sites excluding steroid dienone is 1. The first-order chi connectivity index (χ1) is 17.6. The lowest BCUT2D eigenvalue weighted by Crippen LogP contribution is -2.38. The molecule has 178 valence electrons. The van der Waals surface area contributed by atoms with Crippen LogP contribution in [0.3, 0.4) is 0 Å². The van der Waals surface area contributed by atoms with Gasteiger partial charge in [0.15, 0.2) is 4.80 Å². The molecule has 0 saturated heterocycles. The van der Waals surface area contributed by atoms with E-state index >= 15 is 0 Å². The first-order valence-corrected chi connectivity index (χ1v) is 13.5. The number of ether oxygens (including phenoxy) is 1. The number of thiazole rings is 1. The summed E-state index contributed by atoms with van der Waals surface area (Å²) in [5, 5.41) is 0. The number of benzene rings is 3. The summed E-state index contributed by atoms with van der Waals surface area (Å²) in [6.07, 6.45) is 5.49. The van der Waals surface area contributed by atoms with Crippen LogP contribution in [0.5, 0.6) is 5.75 Å². The third-order valence-corrected chi connectivity index (χ3v) is 8.12. The molecule has 2 aliphatic rings. The predicted molar refractivity (Wildman–Crippen MR) is 149 cm³/mol. The number of hydrogen-bond donors (Lipinski definition) is 0. The zero-order chi connectivity index (χ0) is 24.6. The van der Waals surface area contributed by atoms with Gasteiger partial charge < -0.3 is 4.74 Å². The first kappa shape index (κ1) is 23.0. The quantitative estimate of drug-likeness (QED) is 0.299. The van der Waals surface area contributed by atoms with Gasteiger partial charge in [0.25, 0.3) is 5.56 Å². The van der Waals surface area contributed by atoms with E-state index in [1.165, 1.54) is 28.0 Å². The van der Waals surface area contributed by atoms with E-state index < -0.39 is 0 Å². The summed E-state index contributed by atoms with van der Waals surface area (Å²) >= 11 is 5.00. The summed E-state index contributed by atoms with van der Waals surface area (Å²) in [5.74, 6) is 0.773. The van der Waals surface area contributed by atoms with Crippen molar-refractivity contribution in [1.29, 1.82) is 0 Å². The van der Waals surface area contributed by atoms with Gasteiger partial charge in [0, 0.05) is 10.0 Å². The Morgan fingerprint density at radius 3 is 2.61 bits per heavy atom. The molecule has 0 fully saturated rings. The molecule has 0 spiro atoms. The molecule has 6 heteroatoms. The SMILES string of the molecule is C=CCOc1ccc(/C=c2\sc3n(c2=O)[C@@H](c2ccc(Br)cc2)C2=C(N=3)c3ccccc3CC2)cc1. The smallest absolute Gasteiger partial charge is 0.271 e. The molecule has 4 nitrogen and oxygen atoms in total. The number of aromatic nitrogens is 1. The van der Waals surface area contributed by atoms with Gasteiger partial charge in [0.2, 0.25) is 0 Å². The van der Waals surface area contributed by atoms with Gasteiger partial charge in [0.1, 0.15) is 12.4 Å². The van der Waals surface area contributed by atoms with Crippen LogP contribution in [0.1, 0.15) is 34.7 Å². The fraction of sp³-hybridized carbons (Fsp3) is 0.133. The zero-order valence-corrected chi connectivity index (χ0v) is 21.9. The molecule has 1 atom stereocenters. The fourth-order valence-corrected chi connectivity index (χ4v) is 6.20. The van der Waals surface area contributed by atoms with Crippen LogP contribution in [0.25, 0.3) is 11.8 Å². The lowest BCUT2D eigenvalue weighted by molar-refractivity contribution is 0.363. The normalized spacial score (nSPS) is 16.6. The summed E-state index contributed by atoms with van der Waals surface area (Å²) < 4.78 is 9.15. The van der Waals surface area contributed by atoms with E-state index in [0.29, 0.717) is 11.1 Å². The van der Waals surface area contributed by atoms with E-state index in [9.17, 15) is 4.79 Å². The molecule has 3 aromatic carbocycles. The van der Waals surface area contributed by atoms with E-state index in [2.05, 4.69) is 58.9 Å². The van der Waals surface area contributed by atoms with Crippen molar-refractivity contribution in [3.8, 4) is 5.75 Å². The van der Waals surface area contributed by atoms with Crippen LogP contribution in [0.2, 0.25) is 0 Å². The molecule has 1 aliphatic heterocycles. The molecule has 4 aromatic rings. The summed E-state index contributed by atoms with van der Waals surface area (Å²) in [7, 11) is 0. The molecule has 0 bridgehead atoms. The monoisotopic (exact) mass is 554 g/mol. The molecule has 6 rings (SSSR count). The highest BCUT2D eigenvalue weighted by molar-refractivity contribution is 9.10. The minimum absolute atomic E-state index is 0.0101. The maximum atomic E-state index is 13.8. The van der Waals surface area contributed by atoms with Crippen molar-refractivity contribution in [2.45, 2.75) is 18.9 Å². The highest BCUT2D eigenvalue weighted by atomic mass is 79.9. The van der Waals surface area contributed by atoms with Crippen LogP contribution in [-0.2, 0) is 6.42 Å². The predicted octanol–water partition coefficient (Wildman–Crippen LogP) is 5.65. The van der Waals surface area contributed by atoms with Crippen LogP contribution in [0, 0.1) is 0 Å². The van der Waals surface area contributed by atoms with Gasteiger partial charge in [0.05, 0.1) is 16.3 Å². The molecule has 0 N–H and O–H groups in total. The van der Waals surface area contributed by atoms with Crippen LogP contribution < -0.4 is 19.6 Å². The van der Waals surface area contributed by atoms with Gasteiger partial charge in [-0.1, -0.05) is 88.5 Å². The summed E-state index contributed by atoms with van der Waals surface area (Å²) in [5.41, 5.74) is 6.74. The van der Waals surface area contributed by atoms with E-state index in [1.807, 2.05) is 47.0 Å². The second kappa shape index (κ2) is 9.52. The van der Waals surface area contributed by atoms with Gasteiger partial charge in [-0.15, -0.1) is 0 Å². The van der Waals surface area contributed by atoms with E-state index in [0.717, 1.165) is 44.7 Å². The van der Waals surface area contributed by atoms with E-state index in [4.69, 9.17) is 9.73 Å². The number of hydrogen-bond acceptors (Lipinski definition) is 4. The van der Waals surface area contributed by atoms with E-state index in [1.54, 1.807) is 6.08 Å². The Kier molecular flexibility index (Phi) is 6.07. The molecule has 0 amide bonds. The van der Waals surface area contributed by atoms with Crippen molar-refractivity contribution < 1.29 is 4.74 Å². The average molecular weight is 555 g/mol. The number of aryl methyl sites for hydroxylation is 1. The third kappa shape index (κ3) is 4.10. The molecule has 0 unspecified atom stereocenters. The Bertz CT molecular complexity index is 1680. The molecule has 1 aliphatic carbocycles. The zero-order valence-electron chi connectivity index (χ0n) is 19.5. The van der Waals surface area contributed by atoms with Gasteiger partial charge in [-0.2, -0.15) is 0 Å². The molecule has 1 aromatic heterocycles. The minimum atomic E-state index is -0.172. The topological polar surface area (TPSA) is 43.6 Å². The van der Waals surface area contributed by atoms with E-state index in [-0.39, 0.29) is 11.6 Å². The van der Waals surface area contributed by atoms with Gasteiger partial charge >= 0.3 is 0 Å². The maximum absolute atomic E-state index is 13.8. The summed E-state index contributed by atoms with van der Waals surface area (Å²) in [6, 6.07) is 24.3. The lowest BCUT2D eigenvalue weighted by Gasteiger charge is -2.30. The van der Waals surface area contributed by atoms with Crippen molar-refractivity contribution in [2.75, 3.05) is 6.61 Å². The molecule has 36 heavy (non-hydrogen) atoms. The Labute approximate surface area is 221 Å². The molecular weight excluding hydrogens is 532 g/mol. The minimum Gasteiger partial charge on any atom is -0.490 e. The van der Waals surface area contributed by atoms with Crippen molar-refractivity contribution in [3.63, 3.8) is 0 Å². The van der Waals surface area contributed by atoms with Crippen molar-refractivity contribution in [2.24, 2.45) is 4.99 Å². The van der Waals surface area contributed by atoms with Crippen LogP contribution in [-0.4, -0.2) is 11.2 Å². The van der Waals surface area contributed by atoms with Crippen LogP contribution >= 0.6 is 27.3 Å². The first-order valence-electron chi connectivity index (χ1n) is 11.8. The third-order valence-electron chi connectivity index (χ3n) is 6.60. The van der Waals surface area contributed by atoms with Gasteiger partial charge in [-0.25, -0.2) is 4.99 Å². The number of nitrogens with zero attached hydrogens (tertiary/aromatic N) is 2. The number of rotatable bonds is 5. The number of fused-ring (bicyclic) bond motifs is 3. The Morgan fingerprint density at radius 1 is 1.06 bits per heavy atom. The van der Waals surface area contributed by atoms with Gasteiger partial charge in [-0.3, -0.25) is 9.36 Å². The molecule has 0 radical (unpaired) electrons. The van der Waals surface area contributed by atoms with Crippen molar-refractivity contribution >= 4 is 39.0 Å². The molecule has 2 heterocycles. The maximum Gasteiger partial charge on any atom is 0.271 e. The van der Waals surface area contributed by atoms with Crippen LogP contribution in [0.15, 0.2) is 105 Å². The highest BCUT2D eigenvalue weighted by Crippen LogP contribution is 2.41. The Hall–Kier alpha value is -3.48. The molecule has 0 saturated carbocycles. The second-order valence-electron chi connectivity index (χ2n) is 8.83. The molecular formula is C30H23BrN2O2S. The Morgan fingerprint density at radius 2 is 1.83 bits per heavy atom.